The number of aliphatic hydroxyl groups is 1. The second kappa shape index (κ2) is 9.73. The molecule has 1 amide bonds. The molecule has 33 heavy (non-hydrogen) atoms. The van der Waals surface area contributed by atoms with Gasteiger partial charge in [-0.1, -0.05) is 35.3 Å². The number of likely N-dealkylation sites (tertiary alicyclic amines) is 1. The van der Waals surface area contributed by atoms with Crippen LogP contribution >= 0.6 is 23.2 Å². The van der Waals surface area contributed by atoms with Crippen LogP contribution < -0.4 is 4.74 Å². The van der Waals surface area contributed by atoms with E-state index in [2.05, 4.69) is 0 Å². The van der Waals surface area contributed by atoms with Gasteiger partial charge < -0.3 is 19.2 Å². The van der Waals surface area contributed by atoms with Crippen molar-refractivity contribution in [2.45, 2.75) is 19.4 Å². The lowest BCUT2D eigenvalue weighted by Gasteiger charge is -2.23. The molecule has 6 nitrogen and oxygen atoms in total. The molecule has 0 saturated carbocycles. The van der Waals surface area contributed by atoms with Crippen molar-refractivity contribution >= 4 is 40.7 Å². The summed E-state index contributed by atoms with van der Waals surface area (Å²) in [7, 11) is 0. The highest BCUT2D eigenvalue weighted by Gasteiger charge is 2.47. The van der Waals surface area contributed by atoms with E-state index in [1.165, 1.54) is 11.2 Å². The van der Waals surface area contributed by atoms with Gasteiger partial charge in [-0.2, -0.15) is 0 Å². The Morgan fingerprint density at radius 3 is 2.55 bits per heavy atom. The zero-order chi connectivity index (χ0) is 23.5. The fourth-order valence-corrected chi connectivity index (χ4v) is 4.17. The lowest BCUT2D eigenvalue weighted by Crippen LogP contribution is -2.31. The van der Waals surface area contributed by atoms with Crippen molar-refractivity contribution in [1.29, 1.82) is 0 Å². The average Bonchev–Trinajstić information content (AvgIpc) is 3.42. The zero-order valence-electron chi connectivity index (χ0n) is 17.8. The van der Waals surface area contributed by atoms with Gasteiger partial charge in [-0.05, 0) is 61.4 Å². The number of halogens is 2. The number of benzene rings is 2. The number of Topliss-reactive ketones (excluding diaryl/α,β-unsaturated/α-hetero) is 1. The highest BCUT2D eigenvalue weighted by atomic mass is 35.5. The number of carbonyl (C=O) groups excluding carboxylic acids is 2. The first-order valence-corrected chi connectivity index (χ1v) is 11.1. The molecular formula is C25H21Cl2NO5. The monoisotopic (exact) mass is 485 g/mol. The molecule has 1 atom stereocenters. The second-order valence-electron chi connectivity index (χ2n) is 7.46. The van der Waals surface area contributed by atoms with E-state index in [1.807, 2.05) is 19.1 Å². The molecule has 0 radical (unpaired) electrons. The summed E-state index contributed by atoms with van der Waals surface area (Å²) in [5.74, 6) is -1.05. The van der Waals surface area contributed by atoms with E-state index in [4.69, 9.17) is 32.4 Å². The number of ketones is 1. The van der Waals surface area contributed by atoms with Gasteiger partial charge in [-0.3, -0.25) is 9.59 Å². The largest absolute Gasteiger partial charge is 0.507 e. The molecule has 1 saturated heterocycles. The van der Waals surface area contributed by atoms with Crippen LogP contribution in [0.15, 0.2) is 70.9 Å². The Balaban J connectivity index is 1.75. The predicted molar refractivity (Wildman–Crippen MR) is 125 cm³/mol. The molecule has 1 N–H and O–H groups in total. The van der Waals surface area contributed by atoms with Gasteiger partial charge in [0, 0.05) is 17.1 Å². The lowest BCUT2D eigenvalue weighted by molar-refractivity contribution is -0.140. The molecule has 0 aliphatic carbocycles. The first-order chi connectivity index (χ1) is 15.9. The Bertz CT molecular complexity index is 1200. The van der Waals surface area contributed by atoms with Crippen LogP contribution in [0.3, 0.4) is 0 Å². The van der Waals surface area contributed by atoms with Gasteiger partial charge in [-0.15, -0.1) is 0 Å². The number of hydrogen-bond donors (Lipinski definition) is 1. The van der Waals surface area contributed by atoms with Crippen molar-refractivity contribution in [3.63, 3.8) is 0 Å². The smallest absolute Gasteiger partial charge is 0.295 e. The van der Waals surface area contributed by atoms with Gasteiger partial charge in [0.25, 0.3) is 11.7 Å². The fraction of sp³-hybridized carbons (Fsp3) is 0.200. The van der Waals surface area contributed by atoms with Gasteiger partial charge in [0.15, 0.2) is 0 Å². The number of nitrogens with zero attached hydrogens (tertiary/aromatic N) is 1. The summed E-state index contributed by atoms with van der Waals surface area (Å²) in [6.07, 6.45) is 1.94. The van der Waals surface area contributed by atoms with Crippen LogP contribution in [0.1, 0.15) is 29.9 Å². The molecule has 1 aliphatic heterocycles. The maximum absolute atomic E-state index is 13.1. The predicted octanol–water partition coefficient (Wildman–Crippen LogP) is 5.65. The van der Waals surface area contributed by atoms with Gasteiger partial charge in [0.1, 0.15) is 23.3 Å². The average molecular weight is 486 g/mol. The quantitative estimate of drug-likeness (QED) is 0.265. The minimum Gasteiger partial charge on any atom is -0.507 e. The Hall–Kier alpha value is -3.22. The summed E-state index contributed by atoms with van der Waals surface area (Å²) in [5, 5.41) is 12.0. The molecule has 0 spiro atoms. The second-order valence-corrected chi connectivity index (χ2v) is 8.30. The maximum atomic E-state index is 13.1. The number of hydrogen-bond acceptors (Lipinski definition) is 5. The van der Waals surface area contributed by atoms with Gasteiger partial charge in [0.2, 0.25) is 0 Å². The molecule has 8 heteroatoms. The van der Waals surface area contributed by atoms with Crippen LogP contribution in [0.2, 0.25) is 10.0 Å². The number of ether oxygens (including phenoxy) is 1. The molecule has 2 heterocycles. The van der Waals surface area contributed by atoms with Crippen LogP contribution in [-0.4, -0.2) is 34.8 Å². The van der Waals surface area contributed by atoms with Crippen molar-refractivity contribution in [1.82, 2.24) is 4.90 Å². The topological polar surface area (TPSA) is 80.0 Å². The van der Waals surface area contributed by atoms with Crippen LogP contribution in [0, 0.1) is 0 Å². The third kappa shape index (κ3) is 4.63. The van der Waals surface area contributed by atoms with Gasteiger partial charge >= 0.3 is 0 Å². The third-order valence-electron chi connectivity index (χ3n) is 5.41. The molecular weight excluding hydrogens is 465 g/mol. The van der Waals surface area contributed by atoms with Crippen LogP contribution in [-0.2, 0) is 16.0 Å². The maximum Gasteiger partial charge on any atom is 0.295 e. The Morgan fingerprint density at radius 2 is 1.88 bits per heavy atom. The Labute approximate surface area is 201 Å². The van der Waals surface area contributed by atoms with Crippen molar-refractivity contribution in [2.24, 2.45) is 0 Å². The van der Waals surface area contributed by atoms with E-state index in [0.29, 0.717) is 29.6 Å². The van der Waals surface area contributed by atoms with Crippen molar-refractivity contribution in [3.8, 4) is 5.75 Å². The molecule has 1 aliphatic rings. The number of carbonyl (C=O) groups is 2. The molecule has 3 aromatic rings. The number of aliphatic hydroxyl groups excluding tert-OH is 1. The van der Waals surface area contributed by atoms with Gasteiger partial charge in [-0.25, -0.2) is 0 Å². The van der Waals surface area contributed by atoms with E-state index in [-0.39, 0.29) is 28.5 Å². The summed E-state index contributed by atoms with van der Waals surface area (Å²) in [5.41, 5.74) is 1.07. The normalized spacial score (nSPS) is 17.5. The molecule has 4 rings (SSSR count). The fourth-order valence-electron chi connectivity index (χ4n) is 3.84. The minimum atomic E-state index is -0.890. The molecule has 170 valence electrons. The standard InChI is InChI=1S/C25H21Cl2NO5/c1-2-32-17-9-10-19(27)18(14-17)23(29)21-22(20-4-3-13-33-20)28(25(31)24(21)30)12-11-15-5-7-16(26)8-6-15/h3-10,13-14,22,29H,2,11-12H2,1H3/b23-21-. The molecule has 2 aromatic carbocycles. The van der Waals surface area contributed by atoms with Crippen LogP contribution in [0.25, 0.3) is 5.76 Å². The Kier molecular flexibility index (Phi) is 6.77. The lowest BCUT2D eigenvalue weighted by atomic mass is 9.99. The Morgan fingerprint density at radius 1 is 1.12 bits per heavy atom. The van der Waals surface area contributed by atoms with Crippen LogP contribution in [0.5, 0.6) is 5.75 Å². The van der Waals surface area contributed by atoms with E-state index in [1.54, 1.807) is 42.5 Å². The highest BCUT2D eigenvalue weighted by molar-refractivity contribution is 6.47. The van der Waals surface area contributed by atoms with Gasteiger partial charge in [0.05, 0.1) is 23.5 Å². The summed E-state index contributed by atoms with van der Waals surface area (Å²) in [6, 6.07) is 14.5. The summed E-state index contributed by atoms with van der Waals surface area (Å²) >= 11 is 12.3. The molecule has 1 fully saturated rings. The number of furan rings is 1. The first-order valence-electron chi connectivity index (χ1n) is 10.4. The van der Waals surface area contributed by atoms with E-state index < -0.39 is 17.7 Å². The van der Waals surface area contributed by atoms with Crippen molar-refractivity contribution in [3.05, 3.63) is 93.4 Å². The minimum absolute atomic E-state index is 0.0818. The number of rotatable bonds is 7. The summed E-state index contributed by atoms with van der Waals surface area (Å²) < 4.78 is 11.1. The van der Waals surface area contributed by atoms with Crippen LogP contribution in [0.4, 0.5) is 0 Å². The van der Waals surface area contributed by atoms with Crippen molar-refractivity contribution in [2.75, 3.05) is 13.2 Å². The first kappa shape index (κ1) is 23.0. The van der Waals surface area contributed by atoms with Crippen molar-refractivity contribution < 1.29 is 23.8 Å². The molecule has 1 aromatic heterocycles. The van der Waals surface area contributed by atoms with E-state index in [9.17, 15) is 14.7 Å². The summed E-state index contributed by atoms with van der Waals surface area (Å²) in [4.78, 5) is 27.5. The van der Waals surface area contributed by atoms with E-state index in [0.717, 1.165) is 5.56 Å². The van der Waals surface area contributed by atoms with E-state index >= 15 is 0 Å². The molecule has 0 bridgehead atoms. The molecule has 1 unspecified atom stereocenters. The zero-order valence-corrected chi connectivity index (χ0v) is 19.3. The third-order valence-corrected chi connectivity index (χ3v) is 5.99. The highest BCUT2D eigenvalue weighted by Crippen LogP contribution is 2.41. The number of amides is 1. The summed E-state index contributed by atoms with van der Waals surface area (Å²) in [6.45, 7) is 2.49. The SMILES string of the molecule is CCOc1ccc(Cl)c(/C(O)=C2/C(=O)C(=O)N(CCc3ccc(Cl)cc3)C2c2ccco2)c1.